The molecule has 4 radical (unpaired) electrons. The molecule has 0 spiro atoms. The summed E-state index contributed by atoms with van der Waals surface area (Å²) in [7, 11) is 12.7. The SMILES string of the molecule is [B]C([B])(CO)c1nc2c(n1-c1ccc(-c3ccc(-c4c5ccccc5c(-c5cc6ccccc6c6ccccc56)c5ccccc45)cc3)cc1)C=CCC2. The number of aryl methyl sites for hydroxylation is 1. The minimum absolute atomic E-state index is 0.412. The number of aliphatic hydroxyl groups excluding tert-OH is 1. The summed E-state index contributed by atoms with van der Waals surface area (Å²) in [5, 5.41) is 18.5. The first kappa shape index (κ1) is 32.5. The number of aliphatic hydroxyl groups is 1. The van der Waals surface area contributed by atoms with E-state index in [0.29, 0.717) is 5.82 Å². The maximum atomic E-state index is 10.0. The van der Waals surface area contributed by atoms with Crippen LogP contribution in [0.3, 0.4) is 0 Å². The third kappa shape index (κ3) is 5.15. The Labute approximate surface area is 317 Å². The molecule has 0 aliphatic heterocycles. The lowest BCUT2D eigenvalue weighted by Gasteiger charge is -2.24. The second kappa shape index (κ2) is 12.8. The van der Waals surface area contributed by atoms with E-state index in [9.17, 15) is 5.11 Å². The average molecular weight is 688 g/mol. The van der Waals surface area contributed by atoms with Crippen LogP contribution in [0.4, 0.5) is 0 Å². The van der Waals surface area contributed by atoms with Crippen molar-refractivity contribution in [2.24, 2.45) is 0 Å². The van der Waals surface area contributed by atoms with E-state index in [-0.39, 0.29) is 0 Å². The van der Waals surface area contributed by atoms with E-state index in [1.165, 1.54) is 65.3 Å². The number of rotatable bonds is 6. The fraction of sp³-hybridized carbons (Fsp3) is 0.0816. The number of aromatic nitrogens is 2. The molecule has 0 unspecified atom stereocenters. The molecule has 0 amide bonds. The Bertz CT molecular complexity index is 2880. The monoisotopic (exact) mass is 688 g/mol. The molecule has 8 aromatic carbocycles. The molecule has 0 saturated carbocycles. The number of benzene rings is 8. The van der Waals surface area contributed by atoms with E-state index in [1.807, 2.05) is 4.57 Å². The van der Waals surface area contributed by atoms with Crippen LogP contribution in [-0.2, 0) is 11.6 Å². The van der Waals surface area contributed by atoms with Crippen molar-refractivity contribution in [2.45, 2.75) is 18.1 Å². The molecule has 1 aliphatic rings. The number of fused-ring (bicyclic) bond motifs is 6. The summed E-state index contributed by atoms with van der Waals surface area (Å²) in [6.07, 6.45) is 5.93. The van der Waals surface area contributed by atoms with Gasteiger partial charge >= 0.3 is 0 Å². The summed E-state index contributed by atoms with van der Waals surface area (Å²) in [4.78, 5) is 4.78. The van der Waals surface area contributed by atoms with E-state index in [0.717, 1.165) is 41.0 Å². The van der Waals surface area contributed by atoms with Crippen molar-refractivity contribution in [3.05, 3.63) is 175 Å². The Kier molecular flexibility index (Phi) is 7.67. The van der Waals surface area contributed by atoms with Gasteiger partial charge in [-0.05, 0) is 119 Å². The summed E-state index contributed by atoms with van der Waals surface area (Å²) in [6.45, 7) is -0.412. The Balaban J connectivity index is 1.09. The molecule has 252 valence electrons. The minimum atomic E-state index is -1.46. The summed E-state index contributed by atoms with van der Waals surface area (Å²) in [5.74, 6) is 0.456. The van der Waals surface area contributed by atoms with Gasteiger partial charge in [0.1, 0.15) is 5.82 Å². The number of hydrogen-bond donors (Lipinski definition) is 1. The number of allylic oxidation sites excluding steroid dienone is 1. The zero-order chi connectivity index (χ0) is 36.4. The lowest BCUT2D eigenvalue weighted by atomic mass is 9.54. The van der Waals surface area contributed by atoms with Gasteiger partial charge in [-0.15, -0.1) is 0 Å². The third-order valence-corrected chi connectivity index (χ3v) is 11.1. The van der Waals surface area contributed by atoms with Gasteiger partial charge in [-0.3, -0.25) is 4.57 Å². The van der Waals surface area contributed by atoms with Crippen LogP contribution in [0.5, 0.6) is 0 Å². The molecule has 9 aromatic rings. The van der Waals surface area contributed by atoms with Crippen molar-refractivity contribution in [1.82, 2.24) is 9.55 Å². The highest BCUT2D eigenvalue weighted by atomic mass is 16.3. The molecule has 1 N–H and O–H groups in total. The Morgan fingerprint density at radius 3 is 1.72 bits per heavy atom. The first-order valence-corrected chi connectivity index (χ1v) is 18.5. The smallest absolute Gasteiger partial charge is 0.105 e. The standard InChI is InChI=1S/C49H34B2N2O/c50-49(51,30-54)48-52-44-19-9-10-20-45(44)53(48)35-27-25-32(26-28-35)31-21-23-33(24-22-31)46-39-15-5-7-17-41(39)47(42-18-8-6-16-40(42)46)43-29-34-11-1-2-12-36(34)37-13-3-4-14-38(37)43/h1-8,10-18,20-29,54H,9,19,30H2. The van der Waals surface area contributed by atoms with Crippen LogP contribution < -0.4 is 0 Å². The van der Waals surface area contributed by atoms with Gasteiger partial charge in [0.15, 0.2) is 0 Å². The van der Waals surface area contributed by atoms with Crippen molar-refractivity contribution < 1.29 is 5.11 Å². The average Bonchev–Trinajstić information content (AvgIpc) is 3.64. The highest BCUT2D eigenvalue weighted by Crippen LogP contribution is 2.46. The first-order valence-electron chi connectivity index (χ1n) is 18.5. The van der Waals surface area contributed by atoms with Gasteiger partial charge in [-0.25, -0.2) is 4.98 Å². The maximum Gasteiger partial charge on any atom is 0.105 e. The van der Waals surface area contributed by atoms with Crippen molar-refractivity contribution in [2.75, 3.05) is 6.61 Å². The zero-order valence-corrected chi connectivity index (χ0v) is 29.7. The number of nitrogens with zero attached hydrogens (tertiary/aromatic N) is 2. The fourth-order valence-electron chi connectivity index (χ4n) is 8.52. The summed E-state index contributed by atoms with van der Waals surface area (Å²) < 4.78 is 1.98. The van der Waals surface area contributed by atoms with Crippen LogP contribution in [0.1, 0.15) is 23.6 Å². The second-order valence-electron chi connectivity index (χ2n) is 14.4. The number of imidazole rings is 1. The van der Waals surface area contributed by atoms with Crippen molar-refractivity contribution in [3.63, 3.8) is 0 Å². The van der Waals surface area contributed by atoms with Crippen LogP contribution in [0.2, 0.25) is 0 Å². The van der Waals surface area contributed by atoms with Gasteiger partial charge in [0, 0.05) is 12.3 Å². The van der Waals surface area contributed by atoms with Crippen molar-refractivity contribution in [1.29, 1.82) is 0 Å². The first-order chi connectivity index (χ1) is 26.5. The Morgan fingerprint density at radius 1 is 0.574 bits per heavy atom. The fourth-order valence-corrected chi connectivity index (χ4v) is 8.52. The molecule has 10 rings (SSSR count). The molecule has 0 saturated heterocycles. The quantitative estimate of drug-likeness (QED) is 0.107. The predicted molar refractivity (Wildman–Crippen MR) is 228 cm³/mol. The third-order valence-electron chi connectivity index (χ3n) is 11.1. The minimum Gasteiger partial charge on any atom is -0.397 e. The topological polar surface area (TPSA) is 38.1 Å². The molecule has 1 heterocycles. The Morgan fingerprint density at radius 2 is 1.09 bits per heavy atom. The highest BCUT2D eigenvalue weighted by Gasteiger charge is 2.29. The maximum absolute atomic E-state index is 10.0. The molecule has 54 heavy (non-hydrogen) atoms. The van der Waals surface area contributed by atoms with Gasteiger partial charge in [-0.2, -0.15) is 0 Å². The molecule has 1 aliphatic carbocycles. The molecular formula is C49H34B2N2O. The lowest BCUT2D eigenvalue weighted by molar-refractivity contribution is 0.275. The molecule has 0 fully saturated rings. The van der Waals surface area contributed by atoms with Gasteiger partial charge in [0.2, 0.25) is 0 Å². The van der Waals surface area contributed by atoms with Crippen LogP contribution in [0.25, 0.3) is 88.2 Å². The summed E-state index contributed by atoms with van der Waals surface area (Å²) in [5.41, 5.74) is 9.94. The van der Waals surface area contributed by atoms with E-state index >= 15 is 0 Å². The van der Waals surface area contributed by atoms with Crippen LogP contribution in [0, 0.1) is 0 Å². The van der Waals surface area contributed by atoms with Crippen LogP contribution in [-0.4, -0.2) is 37.0 Å². The van der Waals surface area contributed by atoms with Crippen LogP contribution in [0.15, 0.2) is 158 Å². The van der Waals surface area contributed by atoms with Crippen molar-refractivity contribution in [3.8, 4) is 39.1 Å². The summed E-state index contributed by atoms with van der Waals surface area (Å²) in [6, 6.07) is 54.9. The van der Waals surface area contributed by atoms with E-state index in [1.54, 1.807) is 0 Å². The van der Waals surface area contributed by atoms with Crippen LogP contribution >= 0.6 is 0 Å². The lowest BCUT2D eigenvalue weighted by Crippen LogP contribution is -2.35. The molecule has 1 aromatic heterocycles. The largest absolute Gasteiger partial charge is 0.397 e. The molecule has 5 heteroatoms. The normalized spacial score (nSPS) is 12.9. The van der Waals surface area contributed by atoms with E-state index in [2.05, 4.69) is 164 Å². The predicted octanol–water partition coefficient (Wildman–Crippen LogP) is 10.9. The molecule has 0 bridgehead atoms. The van der Waals surface area contributed by atoms with Gasteiger partial charge in [0.05, 0.1) is 27.1 Å². The highest BCUT2D eigenvalue weighted by molar-refractivity contribution is 6.40. The molecule has 0 atom stereocenters. The summed E-state index contributed by atoms with van der Waals surface area (Å²) >= 11 is 0. The number of hydrogen-bond acceptors (Lipinski definition) is 2. The van der Waals surface area contributed by atoms with Gasteiger partial charge in [-0.1, -0.05) is 140 Å². The molecular weight excluding hydrogens is 654 g/mol. The zero-order valence-electron chi connectivity index (χ0n) is 29.7. The van der Waals surface area contributed by atoms with Crippen molar-refractivity contribution >= 4 is 64.9 Å². The van der Waals surface area contributed by atoms with Gasteiger partial charge < -0.3 is 5.11 Å². The van der Waals surface area contributed by atoms with E-state index < -0.39 is 11.8 Å². The molecule has 3 nitrogen and oxygen atoms in total. The van der Waals surface area contributed by atoms with E-state index in [4.69, 9.17) is 20.7 Å². The van der Waals surface area contributed by atoms with Gasteiger partial charge in [0.25, 0.3) is 0 Å². The Hall–Kier alpha value is -6.16. The second-order valence-corrected chi connectivity index (χ2v) is 14.4.